The molecule has 250 valence electrons. The largest absolute Gasteiger partial charge is 0.538 e. The molecule has 0 saturated carbocycles. The summed E-state index contributed by atoms with van der Waals surface area (Å²) in [5, 5.41) is 0. The molecule has 47 heavy (non-hydrogen) atoms. The molecule has 0 amide bonds. The molecular weight excluding hydrogens is 661 g/mol. The van der Waals surface area contributed by atoms with Gasteiger partial charge in [0.15, 0.2) is 4.52 Å². The van der Waals surface area contributed by atoms with E-state index in [-0.39, 0.29) is 26.4 Å². The maximum Gasteiger partial charge on any atom is 0.538 e. The lowest BCUT2D eigenvalue weighted by molar-refractivity contribution is 0.201. The monoisotopic (exact) mass is 702 g/mol. The van der Waals surface area contributed by atoms with E-state index in [1.54, 1.807) is 28.4 Å². The van der Waals surface area contributed by atoms with Crippen molar-refractivity contribution >= 4 is 24.6 Å². The van der Waals surface area contributed by atoms with E-state index in [1.165, 1.54) is 0 Å². The molecule has 0 spiro atoms. The van der Waals surface area contributed by atoms with Crippen molar-refractivity contribution in [3.05, 3.63) is 119 Å². The third-order valence-corrected chi connectivity index (χ3v) is 11.7. The highest BCUT2D eigenvalue weighted by Crippen LogP contribution is 2.67. The Labute approximate surface area is 278 Å². The lowest BCUT2D eigenvalue weighted by Gasteiger charge is -2.22. The normalized spacial score (nSPS) is 11.3. The topological polar surface area (TPSA) is 150 Å². The van der Waals surface area contributed by atoms with Gasteiger partial charge in [0.05, 0.1) is 41.7 Å². The summed E-state index contributed by atoms with van der Waals surface area (Å²) in [6.45, 7) is 0.727. The first-order chi connectivity index (χ1) is 22.8. The van der Waals surface area contributed by atoms with Gasteiger partial charge in [0, 0.05) is 0 Å². The molecule has 0 aliphatic heterocycles. The highest BCUT2D eigenvalue weighted by molar-refractivity contribution is 7.75. The fourth-order valence-electron chi connectivity index (χ4n) is 3.98. The number of nitrogens with two attached hydrogens (primary N) is 2. The van der Waals surface area contributed by atoms with Gasteiger partial charge in [-0.2, -0.15) is 9.05 Å². The number of nitrogens with zero attached hydrogens (tertiary/aromatic N) is 1. The summed E-state index contributed by atoms with van der Waals surface area (Å²) < 4.78 is 51.5. The maximum absolute atomic E-state index is 6.49. The first-order valence-corrected chi connectivity index (χ1v) is 18.6. The van der Waals surface area contributed by atoms with E-state index >= 15 is 0 Å². The zero-order chi connectivity index (χ0) is 33.5. The molecule has 12 nitrogen and oxygen atoms in total. The molecule has 0 fully saturated rings. The van der Waals surface area contributed by atoms with Crippen molar-refractivity contribution in [2.45, 2.75) is 26.4 Å². The molecule has 0 aromatic heterocycles. The number of methoxy groups -OCH3 is 4. The molecule has 0 unspecified atom stereocenters. The standard InChI is InChI=1S/C32H41N4O8P3/c1-37-29-13-5-25(6-14-29)21-41-46(42-22-26-7-15-30(38-2)16-8-26)36-47(35-45(33)34,43-23-27-9-17-31(39-3)18-10-27)44-24-28-11-19-32(40-4)20-12-28/h5-20,36H,21-24H2,1-4H3,(H4,33,34,35)/q+2. The van der Waals surface area contributed by atoms with Gasteiger partial charge in [-0.05, 0) is 75.6 Å². The zero-order valence-corrected chi connectivity index (χ0v) is 29.5. The number of hydrogen-bond donors (Lipinski definition) is 3. The van der Waals surface area contributed by atoms with Gasteiger partial charge < -0.3 is 28.0 Å². The minimum atomic E-state index is -3.41. The number of rotatable bonds is 19. The van der Waals surface area contributed by atoms with Crippen LogP contribution in [0.25, 0.3) is 0 Å². The molecule has 0 atom stereocenters. The first-order valence-electron chi connectivity index (χ1n) is 14.4. The molecule has 4 rings (SSSR count). The summed E-state index contributed by atoms with van der Waals surface area (Å²) >= 11 is 0. The van der Waals surface area contributed by atoms with Gasteiger partial charge in [0.1, 0.15) is 36.2 Å². The average molecular weight is 703 g/mol. The fraction of sp³-hybridized carbons (Fsp3) is 0.250. The van der Waals surface area contributed by atoms with Gasteiger partial charge in [-0.25, -0.2) is 0 Å². The molecule has 0 aliphatic rings. The van der Waals surface area contributed by atoms with Gasteiger partial charge in [-0.3, -0.25) is 0 Å². The number of ether oxygens (including phenoxy) is 4. The lowest BCUT2D eigenvalue weighted by atomic mass is 10.2. The Kier molecular flexibility index (Phi) is 14.7. The first kappa shape index (κ1) is 36.6. The van der Waals surface area contributed by atoms with Crippen LogP contribution in [0.15, 0.2) is 102 Å². The van der Waals surface area contributed by atoms with E-state index in [4.69, 9.17) is 48.1 Å². The molecule has 0 radical (unpaired) electrons. The highest BCUT2D eigenvalue weighted by atomic mass is 31.3. The quantitative estimate of drug-likeness (QED) is 0.0822. The predicted molar refractivity (Wildman–Crippen MR) is 186 cm³/mol. The average Bonchev–Trinajstić information content (AvgIpc) is 3.11. The Bertz CT molecular complexity index is 1420. The molecule has 15 heteroatoms. The molecule has 0 saturated heterocycles. The van der Waals surface area contributed by atoms with Crippen LogP contribution in [0.3, 0.4) is 0 Å². The predicted octanol–water partition coefficient (Wildman–Crippen LogP) is 7.80. The Morgan fingerprint density at radius 2 is 0.830 bits per heavy atom. The minimum absolute atomic E-state index is 0.139. The number of nitrogens with one attached hydrogen (secondary N) is 1. The van der Waals surface area contributed by atoms with Gasteiger partial charge >= 0.3 is 16.0 Å². The van der Waals surface area contributed by atoms with E-state index in [9.17, 15) is 0 Å². The molecular formula is C32H41N4O8P3+2. The second-order valence-corrected chi connectivity index (χ2v) is 14.7. The third-order valence-electron chi connectivity index (χ3n) is 6.57. The summed E-state index contributed by atoms with van der Waals surface area (Å²) in [6.07, 6.45) is 0. The summed E-state index contributed by atoms with van der Waals surface area (Å²) in [4.78, 5) is 3.35. The van der Waals surface area contributed by atoms with Crippen LogP contribution in [0.1, 0.15) is 22.3 Å². The van der Waals surface area contributed by atoms with Crippen molar-refractivity contribution in [3.63, 3.8) is 0 Å². The van der Waals surface area contributed by atoms with Crippen LogP contribution >= 0.6 is 24.6 Å². The van der Waals surface area contributed by atoms with Crippen molar-refractivity contribution in [2.24, 2.45) is 15.5 Å². The van der Waals surface area contributed by atoms with Crippen LogP contribution in [0.2, 0.25) is 0 Å². The summed E-state index contributed by atoms with van der Waals surface area (Å²) in [5.41, 5.74) is 15.8. The zero-order valence-electron chi connectivity index (χ0n) is 26.8. The Balaban J connectivity index is 1.62. The summed E-state index contributed by atoms with van der Waals surface area (Å²) in [7, 11) is -0.638. The SMILES string of the molecule is COc1ccc(COP(N[P+](N=[P+](N)N)(OCc2ccc(OC)cc2)OCc2ccc(OC)cc2)OCc2ccc(OC)cc2)cc1. The lowest BCUT2D eigenvalue weighted by Crippen LogP contribution is -2.18. The maximum atomic E-state index is 6.49. The second-order valence-electron chi connectivity index (χ2n) is 9.83. The summed E-state index contributed by atoms with van der Waals surface area (Å²) in [5.74, 6) is 2.94. The third kappa shape index (κ3) is 12.1. The molecule has 0 aliphatic carbocycles. The van der Waals surface area contributed by atoms with Gasteiger partial charge in [-0.15, -0.1) is 11.0 Å². The van der Waals surface area contributed by atoms with Crippen LogP contribution < -0.4 is 34.8 Å². The van der Waals surface area contributed by atoms with E-state index in [2.05, 4.69) is 9.37 Å². The fourth-order valence-corrected chi connectivity index (χ4v) is 9.08. The smallest absolute Gasteiger partial charge is 0.497 e. The Hall–Kier alpha value is -3.24. The van der Waals surface area contributed by atoms with E-state index in [0.29, 0.717) is 0 Å². The van der Waals surface area contributed by atoms with E-state index < -0.39 is 24.6 Å². The van der Waals surface area contributed by atoms with E-state index in [1.807, 2.05) is 97.1 Å². The molecule has 0 heterocycles. The van der Waals surface area contributed by atoms with Crippen molar-refractivity contribution in [3.8, 4) is 23.0 Å². The van der Waals surface area contributed by atoms with Gasteiger partial charge in [-0.1, -0.05) is 48.5 Å². The molecule has 4 aromatic rings. The Morgan fingerprint density at radius 1 is 0.532 bits per heavy atom. The minimum Gasteiger partial charge on any atom is -0.497 e. The Morgan fingerprint density at radius 3 is 1.11 bits per heavy atom. The van der Waals surface area contributed by atoms with Crippen molar-refractivity contribution in [1.29, 1.82) is 0 Å². The number of benzene rings is 4. The van der Waals surface area contributed by atoms with Crippen LogP contribution in [0.5, 0.6) is 23.0 Å². The second kappa shape index (κ2) is 18.9. The molecule has 4 aromatic carbocycles. The van der Waals surface area contributed by atoms with Crippen LogP contribution in [-0.4, -0.2) is 28.4 Å². The van der Waals surface area contributed by atoms with E-state index in [0.717, 1.165) is 45.3 Å². The van der Waals surface area contributed by atoms with Crippen molar-refractivity contribution in [1.82, 2.24) is 4.86 Å². The van der Waals surface area contributed by atoms with Gasteiger partial charge in [0.2, 0.25) is 0 Å². The van der Waals surface area contributed by atoms with Crippen molar-refractivity contribution < 1.29 is 37.0 Å². The van der Waals surface area contributed by atoms with Crippen molar-refractivity contribution in [2.75, 3.05) is 28.4 Å². The van der Waals surface area contributed by atoms with Crippen LogP contribution in [0.4, 0.5) is 0 Å². The van der Waals surface area contributed by atoms with Crippen LogP contribution in [-0.2, 0) is 44.5 Å². The number of hydrogen-bond acceptors (Lipinski definition) is 10. The summed E-state index contributed by atoms with van der Waals surface area (Å²) in [6, 6.07) is 30.1. The van der Waals surface area contributed by atoms with Crippen LogP contribution in [0, 0.1) is 0 Å². The molecule has 5 N–H and O–H groups in total. The molecule has 0 bridgehead atoms. The van der Waals surface area contributed by atoms with Gasteiger partial charge in [0.25, 0.3) is 8.53 Å². The highest BCUT2D eigenvalue weighted by Gasteiger charge is 2.53.